The molecule has 5 fully saturated rings. The highest BCUT2D eigenvalue weighted by Crippen LogP contribution is 2.67. The van der Waals surface area contributed by atoms with Crippen LogP contribution in [0.15, 0.2) is 36.4 Å². The Morgan fingerprint density at radius 2 is 1.25 bits per heavy atom. The number of ether oxygens (including phenoxy) is 3. The maximum absolute atomic E-state index is 13.5. The van der Waals surface area contributed by atoms with E-state index < -0.39 is 16.4 Å². The van der Waals surface area contributed by atoms with Gasteiger partial charge in [-0.15, -0.1) is 0 Å². The molecule has 5 aliphatic rings. The van der Waals surface area contributed by atoms with Gasteiger partial charge in [-0.3, -0.25) is 9.59 Å². The fraction of sp³-hybridized carbons (Fsp3) is 0.714. The van der Waals surface area contributed by atoms with Crippen LogP contribution in [0.3, 0.4) is 0 Å². The predicted octanol–water partition coefficient (Wildman–Crippen LogP) is 9.25. The molecule has 9 nitrogen and oxygen atoms in total. The van der Waals surface area contributed by atoms with Crippen molar-refractivity contribution in [2.45, 2.75) is 160 Å². The maximum atomic E-state index is 13.5. The monoisotopic (exact) mass is 872 g/mol. The van der Waals surface area contributed by atoms with Crippen LogP contribution in [-0.4, -0.2) is 74.4 Å². The maximum Gasteiger partial charge on any atom is 0.312 e. The van der Waals surface area contributed by atoms with Gasteiger partial charge in [0.15, 0.2) is 0 Å². The third-order valence-electron chi connectivity index (χ3n) is 14.5. The molecule has 0 spiro atoms. The largest absolute Gasteiger partial charge is 0.469 e. The van der Waals surface area contributed by atoms with E-state index in [0.29, 0.717) is 25.7 Å². The molecule has 0 aliphatic heterocycles. The number of halogens is 2. The smallest absolute Gasteiger partial charge is 0.312 e. The van der Waals surface area contributed by atoms with E-state index in [1.165, 1.54) is 12.7 Å². The lowest BCUT2D eigenvalue weighted by atomic mass is 9.39. The van der Waals surface area contributed by atoms with Gasteiger partial charge < -0.3 is 35.5 Å². The van der Waals surface area contributed by atoms with Crippen molar-refractivity contribution in [3.8, 4) is 0 Å². The SMILES string of the molecule is COC(=O)C12CC(NC(=O)CC3(c4ccc(CCC(C)(C)C)c(Cl)c4)CCC(OC)CC3CO)(C1)C2.COC1CCC(N)(c2ccc(CCC(C)(C)C)c(Cl)c2)C(CO)C1. The molecule has 0 radical (unpaired) electrons. The minimum Gasteiger partial charge on any atom is -0.469 e. The number of aliphatic hydroxyl groups excluding tert-OH is 2. The standard InChI is InChI=1S/C29H42ClNO5.C20H32ClNO2/c1-26(2,3)10-8-19-6-7-20(13-23(19)30)29(11-9-22(35-4)12-21(29)15-32)14-24(33)31-28-16-27(17-28,18-28)25(34)36-5;1-19(2,3)9-7-14-5-6-15(12-18(14)21)20(22)10-8-17(24-4)11-16(20)13-23/h6-7,13,21-22,32H,8-12,14-18H2,1-5H3,(H,31,33);5-6,12,16-17,23H,7-11,13,22H2,1-4H3. The van der Waals surface area contributed by atoms with Gasteiger partial charge in [-0.25, -0.2) is 0 Å². The summed E-state index contributed by atoms with van der Waals surface area (Å²) in [6.07, 6.45) is 11.2. The zero-order chi connectivity index (χ0) is 44.3. The summed E-state index contributed by atoms with van der Waals surface area (Å²) in [6, 6.07) is 12.4. The van der Waals surface area contributed by atoms with Gasteiger partial charge in [0.1, 0.15) is 0 Å². The molecule has 5 N–H and O–H groups in total. The van der Waals surface area contributed by atoms with Gasteiger partial charge in [0.2, 0.25) is 5.91 Å². The number of methoxy groups -OCH3 is 3. The van der Waals surface area contributed by atoms with E-state index >= 15 is 0 Å². The van der Waals surface area contributed by atoms with Crippen molar-refractivity contribution < 1.29 is 34.0 Å². The molecule has 2 aromatic rings. The van der Waals surface area contributed by atoms with Crippen molar-refractivity contribution >= 4 is 35.1 Å². The topological polar surface area (TPSA) is 140 Å². The van der Waals surface area contributed by atoms with Crippen LogP contribution in [0.1, 0.15) is 141 Å². The van der Waals surface area contributed by atoms with Crippen molar-refractivity contribution in [3.05, 3.63) is 68.7 Å². The van der Waals surface area contributed by atoms with Crippen molar-refractivity contribution in [3.63, 3.8) is 0 Å². The van der Waals surface area contributed by atoms with Crippen LogP contribution in [0.4, 0.5) is 0 Å². The van der Waals surface area contributed by atoms with E-state index in [1.807, 2.05) is 12.1 Å². The molecule has 5 aliphatic carbocycles. The van der Waals surface area contributed by atoms with Crippen LogP contribution >= 0.6 is 23.2 Å². The number of carbonyl (C=O) groups excluding carboxylic acids is 2. The number of amides is 1. The van der Waals surface area contributed by atoms with Gasteiger partial charge in [-0.05, 0) is 135 Å². The molecule has 0 aromatic heterocycles. The molecule has 1 amide bonds. The molecule has 7 rings (SSSR count). The van der Waals surface area contributed by atoms with Crippen molar-refractivity contribution in [1.29, 1.82) is 0 Å². The first-order valence-corrected chi connectivity index (χ1v) is 22.9. The molecule has 0 saturated heterocycles. The minimum atomic E-state index is -0.532. The average Bonchev–Trinajstić information content (AvgIpc) is 3.17. The van der Waals surface area contributed by atoms with Gasteiger partial charge in [-0.2, -0.15) is 0 Å². The van der Waals surface area contributed by atoms with E-state index in [9.17, 15) is 19.8 Å². The molecule has 5 saturated carbocycles. The van der Waals surface area contributed by atoms with Gasteiger partial charge in [0.05, 0.1) is 24.7 Å². The Kier molecular flexibility index (Phi) is 15.6. The Labute approximate surface area is 370 Å². The van der Waals surface area contributed by atoms with Gasteiger partial charge in [0, 0.05) is 66.3 Å². The van der Waals surface area contributed by atoms with Crippen LogP contribution < -0.4 is 11.1 Å². The van der Waals surface area contributed by atoms with Crippen LogP contribution in [-0.2, 0) is 47.6 Å². The van der Waals surface area contributed by atoms with Crippen LogP contribution in [0.25, 0.3) is 0 Å². The number of benzene rings is 2. The number of esters is 1. The number of hydrogen-bond acceptors (Lipinski definition) is 8. The third kappa shape index (κ3) is 10.9. The second-order valence-corrected chi connectivity index (χ2v) is 22.1. The summed E-state index contributed by atoms with van der Waals surface area (Å²) in [5.41, 5.74) is 9.82. The number of nitrogens with two attached hydrogens (primary N) is 1. The van der Waals surface area contributed by atoms with Crippen LogP contribution in [0.2, 0.25) is 10.0 Å². The second-order valence-electron chi connectivity index (χ2n) is 21.3. The first-order valence-electron chi connectivity index (χ1n) is 22.1. The molecular formula is C49H74Cl2N2O7. The van der Waals surface area contributed by atoms with Crippen molar-refractivity contribution in [2.75, 3.05) is 34.5 Å². The molecule has 336 valence electrons. The fourth-order valence-electron chi connectivity index (χ4n) is 10.6. The fourth-order valence-corrected chi connectivity index (χ4v) is 11.2. The number of nitrogens with one attached hydrogen (secondary N) is 1. The molecular weight excluding hydrogens is 799 g/mol. The molecule has 2 aromatic carbocycles. The summed E-state index contributed by atoms with van der Waals surface area (Å²) in [4.78, 5) is 25.5. The summed E-state index contributed by atoms with van der Waals surface area (Å²) in [6.45, 7) is 13.4. The summed E-state index contributed by atoms with van der Waals surface area (Å²) in [7, 11) is 4.85. The quantitative estimate of drug-likeness (QED) is 0.138. The van der Waals surface area contributed by atoms with Crippen molar-refractivity contribution in [1.82, 2.24) is 5.32 Å². The van der Waals surface area contributed by atoms with Crippen LogP contribution in [0.5, 0.6) is 0 Å². The van der Waals surface area contributed by atoms with Gasteiger partial charge in [0.25, 0.3) is 0 Å². The molecule has 6 atom stereocenters. The number of hydrogen-bond donors (Lipinski definition) is 4. The molecule has 60 heavy (non-hydrogen) atoms. The molecule has 6 unspecified atom stereocenters. The predicted molar refractivity (Wildman–Crippen MR) is 240 cm³/mol. The Hall–Kier alpha value is -2.24. The van der Waals surface area contributed by atoms with E-state index in [2.05, 4.69) is 71.1 Å². The lowest BCUT2D eigenvalue weighted by Gasteiger charge is -2.68. The molecule has 11 heteroatoms. The highest BCUT2D eigenvalue weighted by molar-refractivity contribution is 6.31. The first kappa shape index (κ1) is 48.8. The second kappa shape index (κ2) is 19.2. The number of rotatable bonds is 14. The van der Waals surface area contributed by atoms with E-state index in [-0.39, 0.29) is 71.9 Å². The van der Waals surface area contributed by atoms with E-state index in [0.717, 1.165) is 84.5 Å². The summed E-state index contributed by atoms with van der Waals surface area (Å²) >= 11 is 13.3. The minimum absolute atomic E-state index is 0.00677. The average molecular weight is 874 g/mol. The van der Waals surface area contributed by atoms with Gasteiger partial charge in [-0.1, -0.05) is 89.0 Å². The third-order valence-corrected chi connectivity index (χ3v) is 15.2. The highest BCUT2D eigenvalue weighted by Gasteiger charge is 2.73. The van der Waals surface area contributed by atoms with Crippen molar-refractivity contribution in [2.24, 2.45) is 33.8 Å². The number of aliphatic hydroxyl groups is 2. The van der Waals surface area contributed by atoms with E-state index in [4.69, 9.17) is 43.1 Å². The molecule has 0 heterocycles. The number of aryl methyl sites for hydroxylation is 2. The van der Waals surface area contributed by atoms with Crippen LogP contribution in [0, 0.1) is 28.1 Å². The zero-order valence-corrected chi connectivity index (χ0v) is 39.4. The normalized spacial score (nSPS) is 31.2. The number of carbonyl (C=O) groups is 2. The Morgan fingerprint density at radius 1 is 0.767 bits per heavy atom. The summed E-state index contributed by atoms with van der Waals surface area (Å²) in [5.74, 6) is -0.328. The summed E-state index contributed by atoms with van der Waals surface area (Å²) in [5, 5.41) is 25.0. The summed E-state index contributed by atoms with van der Waals surface area (Å²) < 4.78 is 16.0. The lowest BCUT2D eigenvalue weighted by Crippen LogP contribution is -2.77. The Bertz CT molecular complexity index is 1790. The first-order chi connectivity index (χ1) is 28.1. The highest BCUT2D eigenvalue weighted by atomic mass is 35.5. The molecule has 2 bridgehead atoms. The zero-order valence-electron chi connectivity index (χ0n) is 37.9. The lowest BCUT2D eigenvalue weighted by molar-refractivity contribution is -0.203. The van der Waals surface area contributed by atoms with E-state index in [1.54, 1.807) is 14.2 Å². The Balaban J connectivity index is 0.000000247. The van der Waals surface area contributed by atoms with Gasteiger partial charge >= 0.3 is 5.97 Å². The Morgan fingerprint density at radius 3 is 1.72 bits per heavy atom.